The second kappa shape index (κ2) is 11.1. The molecule has 1 aliphatic heterocycles. The minimum Gasteiger partial charge on any atom is -0.494 e. The number of rotatable bonds is 8. The smallest absolute Gasteiger partial charge is 0.336 e. The molecule has 35 heavy (non-hydrogen) atoms. The number of allylic oxidation sites excluding steroid dienone is 3. The van der Waals surface area contributed by atoms with E-state index < -0.39 is 11.9 Å². The van der Waals surface area contributed by atoms with E-state index in [4.69, 9.17) is 25.8 Å². The molecule has 184 valence electrons. The Morgan fingerprint density at radius 1 is 1.09 bits per heavy atom. The van der Waals surface area contributed by atoms with Crippen LogP contribution in [0.1, 0.15) is 49.7 Å². The molecule has 0 spiro atoms. The summed E-state index contributed by atoms with van der Waals surface area (Å²) in [4.78, 5) is 27.0. The molecule has 0 bridgehead atoms. The molecular weight excluding hydrogens is 466 g/mol. The quantitative estimate of drug-likeness (QED) is 0.396. The van der Waals surface area contributed by atoms with Gasteiger partial charge in [0.25, 0.3) is 0 Å². The van der Waals surface area contributed by atoms with Crippen LogP contribution in [0.3, 0.4) is 0 Å². The fourth-order valence-corrected chi connectivity index (χ4v) is 5.02. The summed E-state index contributed by atoms with van der Waals surface area (Å²) in [5, 5.41) is 4.03. The Labute approximate surface area is 210 Å². The summed E-state index contributed by atoms with van der Waals surface area (Å²) in [5.41, 5.74) is 4.38. The van der Waals surface area contributed by atoms with Crippen LogP contribution in [0.5, 0.6) is 5.75 Å². The third-order valence-corrected chi connectivity index (χ3v) is 6.69. The lowest BCUT2D eigenvalue weighted by Gasteiger charge is -2.37. The number of carbonyl (C=O) groups excluding carboxylic acids is 2. The Balaban J connectivity index is 1.78. The number of carbonyl (C=O) groups is 2. The van der Waals surface area contributed by atoms with Gasteiger partial charge in [0.15, 0.2) is 5.78 Å². The monoisotopic (exact) mass is 495 g/mol. The van der Waals surface area contributed by atoms with Crippen molar-refractivity contribution < 1.29 is 23.8 Å². The Morgan fingerprint density at radius 2 is 1.83 bits per heavy atom. The maximum Gasteiger partial charge on any atom is 0.336 e. The lowest BCUT2D eigenvalue weighted by molar-refractivity contribution is -0.140. The van der Waals surface area contributed by atoms with E-state index in [1.807, 2.05) is 62.4 Å². The van der Waals surface area contributed by atoms with E-state index in [0.29, 0.717) is 53.7 Å². The van der Waals surface area contributed by atoms with Crippen LogP contribution < -0.4 is 10.1 Å². The van der Waals surface area contributed by atoms with E-state index in [2.05, 4.69) is 5.32 Å². The average Bonchev–Trinajstić information content (AvgIpc) is 2.84. The topological polar surface area (TPSA) is 73.9 Å². The van der Waals surface area contributed by atoms with Crippen molar-refractivity contribution in [2.45, 2.75) is 38.5 Å². The van der Waals surface area contributed by atoms with E-state index in [9.17, 15) is 9.59 Å². The Morgan fingerprint density at radius 3 is 2.54 bits per heavy atom. The third kappa shape index (κ3) is 5.29. The van der Waals surface area contributed by atoms with E-state index in [1.54, 1.807) is 7.11 Å². The van der Waals surface area contributed by atoms with Crippen LogP contribution in [0.25, 0.3) is 0 Å². The van der Waals surface area contributed by atoms with Gasteiger partial charge in [-0.15, -0.1) is 0 Å². The average molecular weight is 496 g/mol. The molecule has 2 atom stereocenters. The summed E-state index contributed by atoms with van der Waals surface area (Å²) < 4.78 is 16.5. The second-order valence-electron chi connectivity index (χ2n) is 8.67. The molecule has 0 saturated heterocycles. The van der Waals surface area contributed by atoms with Crippen LogP contribution in [0, 0.1) is 0 Å². The standard InChI is InChI=1S/C28H30ClNO5/c1-4-34-24-8-6-5-7-21(24)26-25(28(32)35-14-13-33-3)17(2)30-22-15-19(16-23(31)27(22)26)18-9-11-20(29)12-10-18/h5-12,19,26,30H,4,13-16H2,1-3H3/t19-,26-/m1/s1. The number of ketones is 1. The molecule has 0 fully saturated rings. The third-order valence-electron chi connectivity index (χ3n) is 6.44. The van der Waals surface area contributed by atoms with Gasteiger partial charge in [-0.05, 0) is 49.9 Å². The predicted octanol–water partition coefficient (Wildman–Crippen LogP) is 5.29. The van der Waals surface area contributed by atoms with Crippen molar-refractivity contribution in [2.24, 2.45) is 0 Å². The molecule has 7 heteroatoms. The molecule has 0 aromatic heterocycles. The van der Waals surface area contributed by atoms with Gasteiger partial charge in [-0.2, -0.15) is 0 Å². The van der Waals surface area contributed by atoms with Gasteiger partial charge in [-0.1, -0.05) is 41.9 Å². The molecule has 2 aliphatic rings. The molecule has 2 aromatic rings. The highest BCUT2D eigenvalue weighted by Gasteiger charge is 2.42. The number of benzene rings is 2. The van der Waals surface area contributed by atoms with Crippen molar-refractivity contribution in [1.82, 2.24) is 5.32 Å². The number of dihydropyridines is 1. The van der Waals surface area contributed by atoms with Gasteiger partial charge in [-0.3, -0.25) is 4.79 Å². The van der Waals surface area contributed by atoms with Gasteiger partial charge in [0.2, 0.25) is 0 Å². The second-order valence-corrected chi connectivity index (χ2v) is 9.10. The number of Topliss-reactive ketones (excluding diaryl/α,β-unsaturated/α-hetero) is 1. The minimum atomic E-state index is -0.581. The number of halogens is 1. The van der Waals surface area contributed by atoms with Gasteiger partial charge in [-0.25, -0.2) is 4.79 Å². The Hall–Kier alpha value is -3.09. The van der Waals surface area contributed by atoms with Crippen LogP contribution in [0.2, 0.25) is 5.02 Å². The molecule has 2 aromatic carbocycles. The summed E-state index contributed by atoms with van der Waals surface area (Å²) >= 11 is 6.07. The molecule has 1 aliphatic carbocycles. The van der Waals surface area contributed by atoms with Crippen LogP contribution in [0.15, 0.2) is 71.1 Å². The number of esters is 1. The van der Waals surface area contributed by atoms with Crippen LogP contribution >= 0.6 is 11.6 Å². The highest BCUT2D eigenvalue weighted by Crippen LogP contribution is 2.47. The first-order valence-electron chi connectivity index (χ1n) is 11.8. The van der Waals surface area contributed by atoms with Gasteiger partial charge in [0.1, 0.15) is 12.4 Å². The number of ether oxygens (including phenoxy) is 3. The molecule has 0 radical (unpaired) electrons. The van der Waals surface area contributed by atoms with Crippen molar-refractivity contribution in [3.8, 4) is 5.75 Å². The van der Waals surface area contributed by atoms with Crippen molar-refractivity contribution in [1.29, 1.82) is 0 Å². The Kier molecular flexibility index (Phi) is 7.93. The van der Waals surface area contributed by atoms with E-state index >= 15 is 0 Å². The number of hydrogen-bond donors (Lipinski definition) is 1. The van der Waals surface area contributed by atoms with Gasteiger partial charge >= 0.3 is 5.97 Å². The van der Waals surface area contributed by atoms with E-state index in [-0.39, 0.29) is 18.3 Å². The minimum absolute atomic E-state index is 0.00435. The molecule has 1 N–H and O–H groups in total. The first kappa shape index (κ1) is 25.0. The summed E-state index contributed by atoms with van der Waals surface area (Å²) in [6.07, 6.45) is 1.000. The molecule has 0 amide bonds. The summed E-state index contributed by atoms with van der Waals surface area (Å²) in [6, 6.07) is 15.2. The van der Waals surface area contributed by atoms with Gasteiger partial charge in [0, 0.05) is 41.1 Å². The molecule has 6 nitrogen and oxygen atoms in total. The first-order chi connectivity index (χ1) is 16.9. The highest BCUT2D eigenvalue weighted by molar-refractivity contribution is 6.30. The lowest BCUT2D eigenvalue weighted by Crippen LogP contribution is -2.36. The summed E-state index contributed by atoms with van der Waals surface area (Å²) in [5.74, 6) is -0.372. The number of hydrogen-bond acceptors (Lipinski definition) is 6. The van der Waals surface area contributed by atoms with E-state index in [0.717, 1.165) is 16.8 Å². The maximum atomic E-state index is 13.7. The highest BCUT2D eigenvalue weighted by atomic mass is 35.5. The fraction of sp³-hybridized carbons (Fsp3) is 0.357. The zero-order valence-corrected chi connectivity index (χ0v) is 21.0. The number of methoxy groups -OCH3 is 1. The Bertz CT molecular complexity index is 1170. The molecular formula is C28H30ClNO5. The number of nitrogens with one attached hydrogen (secondary N) is 1. The zero-order chi connectivity index (χ0) is 24.9. The molecule has 0 saturated carbocycles. The SMILES string of the molecule is CCOc1ccccc1[C@@H]1C(C(=O)OCCOC)=C(C)NC2=C1C(=O)C[C@H](c1ccc(Cl)cc1)C2. The number of para-hydroxylation sites is 1. The first-order valence-corrected chi connectivity index (χ1v) is 12.2. The van der Waals surface area contributed by atoms with E-state index in [1.165, 1.54) is 0 Å². The molecule has 0 unspecified atom stereocenters. The van der Waals surface area contributed by atoms with Crippen molar-refractivity contribution in [2.75, 3.05) is 26.9 Å². The van der Waals surface area contributed by atoms with Crippen molar-refractivity contribution >= 4 is 23.4 Å². The fourth-order valence-electron chi connectivity index (χ4n) is 4.89. The largest absolute Gasteiger partial charge is 0.494 e. The normalized spacial score (nSPS) is 19.8. The maximum absolute atomic E-state index is 13.7. The predicted molar refractivity (Wildman–Crippen MR) is 134 cm³/mol. The van der Waals surface area contributed by atoms with Crippen LogP contribution in [-0.2, 0) is 19.1 Å². The summed E-state index contributed by atoms with van der Waals surface area (Å²) in [7, 11) is 1.55. The van der Waals surface area contributed by atoms with Gasteiger partial charge in [0.05, 0.1) is 24.7 Å². The van der Waals surface area contributed by atoms with Crippen LogP contribution in [-0.4, -0.2) is 38.7 Å². The van der Waals surface area contributed by atoms with Crippen molar-refractivity contribution in [3.05, 3.63) is 87.2 Å². The van der Waals surface area contributed by atoms with Gasteiger partial charge < -0.3 is 19.5 Å². The summed E-state index contributed by atoms with van der Waals surface area (Å²) in [6.45, 7) is 4.65. The van der Waals surface area contributed by atoms with Crippen LogP contribution in [0.4, 0.5) is 0 Å². The molecule has 4 rings (SSSR count). The van der Waals surface area contributed by atoms with Crippen molar-refractivity contribution in [3.63, 3.8) is 0 Å². The molecule has 1 heterocycles. The lowest BCUT2D eigenvalue weighted by atomic mass is 9.71. The zero-order valence-electron chi connectivity index (χ0n) is 20.2.